The molecule has 0 spiro atoms. The summed E-state index contributed by atoms with van der Waals surface area (Å²) in [6, 6.07) is 3.96. The van der Waals surface area contributed by atoms with Gasteiger partial charge in [0.25, 0.3) is 11.9 Å². The van der Waals surface area contributed by atoms with Gasteiger partial charge < -0.3 is 10.1 Å². The molecule has 1 atom stereocenters. The lowest BCUT2D eigenvalue weighted by atomic mass is 10.2. The van der Waals surface area contributed by atoms with Gasteiger partial charge in [0.1, 0.15) is 11.9 Å². The van der Waals surface area contributed by atoms with Gasteiger partial charge in [-0.25, -0.2) is 23.2 Å². The van der Waals surface area contributed by atoms with E-state index in [1.165, 1.54) is 30.8 Å². The van der Waals surface area contributed by atoms with Crippen LogP contribution in [0.5, 0.6) is 0 Å². The minimum absolute atomic E-state index is 0.0223. The Morgan fingerprint density at radius 1 is 1.00 bits per heavy atom. The number of nitrogens with zero attached hydrogens (tertiary/aromatic N) is 6. The average molecular weight is 534 g/mol. The number of aryl methyl sites for hydroxylation is 1. The molecular formula is C22H15F5N8O3. The Morgan fingerprint density at radius 3 is 2.47 bits per heavy atom. The van der Waals surface area contributed by atoms with E-state index in [-0.39, 0.29) is 28.5 Å². The van der Waals surface area contributed by atoms with Gasteiger partial charge in [-0.3, -0.25) is 15.1 Å². The summed E-state index contributed by atoms with van der Waals surface area (Å²) in [6.07, 6.45) is -0.427. The van der Waals surface area contributed by atoms with Gasteiger partial charge in [0.15, 0.2) is 17.3 Å². The van der Waals surface area contributed by atoms with Crippen molar-refractivity contribution in [1.82, 2.24) is 29.9 Å². The molecule has 0 bridgehead atoms. The van der Waals surface area contributed by atoms with Gasteiger partial charge in [-0.1, -0.05) is 5.21 Å². The second-order valence-corrected chi connectivity index (χ2v) is 7.60. The summed E-state index contributed by atoms with van der Waals surface area (Å²) < 4.78 is 73.9. The van der Waals surface area contributed by atoms with Crippen LogP contribution in [0.2, 0.25) is 0 Å². The number of halogens is 5. The lowest BCUT2D eigenvalue weighted by Crippen LogP contribution is -2.19. The van der Waals surface area contributed by atoms with Crippen LogP contribution in [0, 0.1) is 29.5 Å². The van der Waals surface area contributed by atoms with Crippen molar-refractivity contribution in [3.8, 4) is 11.4 Å². The first kappa shape index (κ1) is 26.1. The molecule has 11 nitrogen and oxygen atoms in total. The first-order valence-corrected chi connectivity index (χ1v) is 10.5. The van der Waals surface area contributed by atoms with E-state index < -0.39 is 53.1 Å². The molecule has 4 aromatic rings. The van der Waals surface area contributed by atoms with Crippen molar-refractivity contribution < 1.29 is 36.3 Å². The molecule has 0 aliphatic carbocycles. The summed E-state index contributed by atoms with van der Waals surface area (Å²) in [6.45, 7) is 1.32. The predicted octanol–water partition coefficient (Wildman–Crippen LogP) is 3.92. The van der Waals surface area contributed by atoms with Gasteiger partial charge in [-0.15, -0.1) is 5.10 Å². The number of pyridine rings is 3. The third-order valence-electron chi connectivity index (χ3n) is 5.00. The van der Waals surface area contributed by atoms with Gasteiger partial charge in [0.2, 0.25) is 11.9 Å². The fraction of sp³-hybridized carbons (Fsp3) is 0.136. The first-order valence-electron chi connectivity index (χ1n) is 10.5. The van der Waals surface area contributed by atoms with E-state index in [0.717, 1.165) is 12.3 Å². The molecule has 196 valence electrons. The van der Waals surface area contributed by atoms with Crippen molar-refractivity contribution in [1.29, 1.82) is 0 Å². The summed E-state index contributed by atoms with van der Waals surface area (Å²) in [7, 11) is 1.45. The summed E-state index contributed by atoms with van der Waals surface area (Å²) >= 11 is 0. The molecule has 16 heteroatoms. The zero-order valence-corrected chi connectivity index (χ0v) is 19.3. The molecular weight excluding hydrogens is 519 g/mol. The smallest absolute Gasteiger partial charge is 0.413 e. The van der Waals surface area contributed by atoms with Crippen LogP contribution in [0.25, 0.3) is 11.4 Å². The van der Waals surface area contributed by atoms with Crippen molar-refractivity contribution in [2.24, 2.45) is 7.05 Å². The van der Waals surface area contributed by atoms with E-state index in [2.05, 4.69) is 35.9 Å². The highest BCUT2D eigenvalue weighted by Gasteiger charge is 2.22. The predicted molar refractivity (Wildman–Crippen MR) is 119 cm³/mol. The minimum atomic E-state index is -1.77. The number of hydrogen-bond acceptors (Lipinski definition) is 8. The van der Waals surface area contributed by atoms with Crippen LogP contribution in [0.15, 0.2) is 36.7 Å². The number of carbonyl (C=O) groups excluding carboxylic acids is 2. The van der Waals surface area contributed by atoms with Crippen molar-refractivity contribution in [3.05, 3.63) is 77.3 Å². The van der Waals surface area contributed by atoms with E-state index in [9.17, 15) is 31.5 Å². The van der Waals surface area contributed by atoms with E-state index in [0.29, 0.717) is 12.3 Å². The number of carbonyl (C=O) groups is 2. The quantitative estimate of drug-likeness (QED) is 0.281. The largest absolute Gasteiger partial charge is 0.441 e. The van der Waals surface area contributed by atoms with E-state index in [4.69, 9.17) is 4.74 Å². The van der Waals surface area contributed by atoms with Crippen LogP contribution in [0.4, 0.5) is 38.3 Å². The zero-order valence-electron chi connectivity index (χ0n) is 19.3. The topological polar surface area (TPSA) is 137 Å². The lowest BCUT2D eigenvalue weighted by Gasteiger charge is -2.15. The van der Waals surface area contributed by atoms with E-state index >= 15 is 0 Å². The molecule has 0 unspecified atom stereocenters. The first-order chi connectivity index (χ1) is 18.0. The van der Waals surface area contributed by atoms with E-state index in [1.54, 1.807) is 0 Å². The number of aromatic nitrogens is 6. The minimum Gasteiger partial charge on any atom is -0.441 e. The number of anilines is 2. The number of nitrogens with one attached hydrogen (secondary N) is 2. The molecule has 4 heterocycles. The molecule has 38 heavy (non-hydrogen) atoms. The number of hydrogen-bond donors (Lipinski definition) is 2. The molecule has 2 amide bonds. The SMILES string of the molecule is C[C@@H](OC(=O)Nc1c(-c2ccc(NC(=O)c3cc(F)nc(F)c3F)cn2)nnn1C)c1cc(F)cnc1F. The normalized spacial score (nSPS) is 11.7. The van der Waals surface area contributed by atoms with Crippen molar-refractivity contribution in [2.75, 3.05) is 10.6 Å². The fourth-order valence-corrected chi connectivity index (χ4v) is 3.18. The molecule has 0 radical (unpaired) electrons. The van der Waals surface area contributed by atoms with Gasteiger partial charge >= 0.3 is 6.09 Å². The fourth-order valence-electron chi connectivity index (χ4n) is 3.18. The van der Waals surface area contributed by atoms with E-state index in [1.807, 2.05) is 0 Å². The van der Waals surface area contributed by atoms with Gasteiger partial charge in [0.05, 0.1) is 34.9 Å². The van der Waals surface area contributed by atoms with Crippen LogP contribution in [-0.2, 0) is 11.8 Å². The van der Waals surface area contributed by atoms with Crippen LogP contribution >= 0.6 is 0 Å². The molecule has 0 saturated heterocycles. The molecule has 0 saturated carbocycles. The third kappa shape index (κ3) is 5.53. The molecule has 4 aromatic heterocycles. The lowest BCUT2D eigenvalue weighted by molar-refractivity contribution is 0.102. The standard InChI is InChI=1S/C22H15F5N8O3/c1-9(12-5-10(23)7-29-18(12)26)38-22(37)32-20-17(33-34-35(20)2)14-4-3-11(8-28-14)30-21(36)13-6-15(24)31-19(27)16(13)25/h3-9H,1-2H3,(H,30,36)(H,32,37)/t9-/m1/s1. The number of amides is 2. The highest BCUT2D eigenvalue weighted by molar-refractivity contribution is 6.04. The second-order valence-electron chi connectivity index (χ2n) is 7.60. The summed E-state index contributed by atoms with van der Waals surface area (Å²) in [5.41, 5.74) is -0.917. The molecule has 4 rings (SSSR count). The van der Waals surface area contributed by atoms with Crippen molar-refractivity contribution >= 4 is 23.5 Å². The highest BCUT2D eigenvalue weighted by Crippen LogP contribution is 2.26. The maximum absolute atomic E-state index is 13.9. The molecule has 0 aromatic carbocycles. The highest BCUT2D eigenvalue weighted by atomic mass is 19.2. The Hall–Kier alpha value is -5.02. The average Bonchev–Trinajstić information content (AvgIpc) is 3.22. The van der Waals surface area contributed by atoms with Gasteiger partial charge in [-0.05, 0) is 25.1 Å². The number of ether oxygens (including phenoxy) is 1. The van der Waals surface area contributed by atoms with Gasteiger partial charge in [0, 0.05) is 13.1 Å². The van der Waals surface area contributed by atoms with Crippen LogP contribution in [0.1, 0.15) is 28.9 Å². The van der Waals surface area contributed by atoms with Gasteiger partial charge in [-0.2, -0.15) is 18.2 Å². The monoisotopic (exact) mass is 534 g/mol. The van der Waals surface area contributed by atoms with Crippen molar-refractivity contribution in [2.45, 2.75) is 13.0 Å². The summed E-state index contributed by atoms with van der Waals surface area (Å²) in [5.74, 6) is -7.72. The summed E-state index contributed by atoms with van der Waals surface area (Å²) in [4.78, 5) is 34.6. The Morgan fingerprint density at radius 2 is 1.76 bits per heavy atom. The Balaban J connectivity index is 1.47. The Bertz CT molecular complexity index is 1530. The molecule has 0 aliphatic rings. The maximum atomic E-state index is 13.9. The Labute approximate surface area is 209 Å². The van der Waals surface area contributed by atoms with Crippen LogP contribution < -0.4 is 10.6 Å². The molecule has 0 aliphatic heterocycles. The zero-order chi connectivity index (χ0) is 27.6. The maximum Gasteiger partial charge on any atom is 0.413 e. The summed E-state index contributed by atoms with van der Waals surface area (Å²) in [5, 5.41) is 12.3. The molecule has 0 fully saturated rings. The number of rotatable bonds is 6. The van der Waals surface area contributed by atoms with Crippen LogP contribution in [-0.4, -0.2) is 41.9 Å². The second kappa shape index (κ2) is 10.5. The molecule has 2 N–H and O–H groups in total. The van der Waals surface area contributed by atoms with Crippen LogP contribution in [0.3, 0.4) is 0 Å². The Kier molecular flexibility index (Phi) is 7.22. The third-order valence-corrected chi connectivity index (χ3v) is 5.00. The van der Waals surface area contributed by atoms with Crippen molar-refractivity contribution in [3.63, 3.8) is 0 Å².